The Hall–Kier alpha value is -1.55. The van der Waals surface area contributed by atoms with E-state index in [1.165, 1.54) is 0 Å². The van der Waals surface area contributed by atoms with E-state index in [2.05, 4.69) is 39.5 Å². The minimum Gasteiger partial charge on any atom is -0.468 e. The third-order valence-corrected chi connectivity index (χ3v) is 3.78. The number of hydrogen-bond donors (Lipinski definition) is 2. The van der Waals surface area contributed by atoms with E-state index in [1.54, 1.807) is 13.3 Å². The van der Waals surface area contributed by atoms with E-state index in [9.17, 15) is 0 Å². The first-order valence-electron chi connectivity index (χ1n) is 8.11. The van der Waals surface area contributed by atoms with Crippen molar-refractivity contribution >= 4 is 29.9 Å². The fourth-order valence-corrected chi connectivity index (χ4v) is 2.29. The number of guanidine groups is 1. The van der Waals surface area contributed by atoms with Crippen molar-refractivity contribution in [2.24, 2.45) is 4.99 Å². The van der Waals surface area contributed by atoms with E-state index < -0.39 is 0 Å². The molecule has 2 aromatic rings. The van der Waals surface area contributed by atoms with Gasteiger partial charge in [-0.2, -0.15) is 0 Å². The van der Waals surface area contributed by atoms with Gasteiger partial charge in [0.25, 0.3) is 0 Å². The standard InChI is InChI=1S/C17H27N5O2.HI/c1-12(2)14-9-13(24-21-14)10-19-17(18-3)20-11-15(22(4)5)16-7-6-8-23-16;/h6-9,12,15H,10-11H2,1-5H3,(H2,18,19,20);1H. The van der Waals surface area contributed by atoms with Gasteiger partial charge in [-0.25, -0.2) is 0 Å². The van der Waals surface area contributed by atoms with Crippen LogP contribution in [0.15, 0.2) is 38.4 Å². The Labute approximate surface area is 166 Å². The largest absolute Gasteiger partial charge is 0.468 e. The van der Waals surface area contributed by atoms with E-state index in [0.29, 0.717) is 25.0 Å². The van der Waals surface area contributed by atoms with Gasteiger partial charge < -0.3 is 19.6 Å². The highest BCUT2D eigenvalue weighted by Gasteiger charge is 2.17. The molecule has 2 aromatic heterocycles. The molecule has 0 aliphatic rings. The van der Waals surface area contributed by atoms with Gasteiger partial charge in [0.1, 0.15) is 5.76 Å². The van der Waals surface area contributed by atoms with Gasteiger partial charge in [-0.1, -0.05) is 19.0 Å². The van der Waals surface area contributed by atoms with Crippen LogP contribution in [0.5, 0.6) is 0 Å². The maximum Gasteiger partial charge on any atom is 0.191 e. The summed E-state index contributed by atoms with van der Waals surface area (Å²) in [5, 5.41) is 10.6. The van der Waals surface area contributed by atoms with Crippen LogP contribution in [0.4, 0.5) is 0 Å². The number of aromatic nitrogens is 1. The van der Waals surface area contributed by atoms with Gasteiger partial charge >= 0.3 is 0 Å². The minimum absolute atomic E-state index is 0. The number of furan rings is 1. The van der Waals surface area contributed by atoms with Crippen LogP contribution in [0.2, 0.25) is 0 Å². The minimum atomic E-state index is 0. The number of likely N-dealkylation sites (N-methyl/N-ethyl adjacent to an activating group) is 1. The van der Waals surface area contributed by atoms with Crippen LogP contribution in [0.1, 0.15) is 43.0 Å². The number of aliphatic imine (C=N–C) groups is 1. The van der Waals surface area contributed by atoms with Crippen molar-refractivity contribution in [1.82, 2.24) is 20.7 Å². The normalized spacial score (nSPS) is 13.0. The summed E-state index contributed by atoms with van der Waals surface area (Å²) < 4.78 is 10.8. The average molecular weight is 461 g/mol. The van der Waals surface area contributed by atoms with Crippen molar-refractivity contribution in [1.29, 1.82) is 0 Å². The molecule has 8 heteroatoms. The van der Waals surface area contributed by atoms with E-state index in [4.69, 9.17) is 8.94 Å². The lowest BCUT2D eigenvalue weighted by Gasteiger charge is -2.23. The van der Waals surface area contributed by atoms with Gasteiger partial charge in [0.15, 0.2) is 11.7 Å². The van der Waals surface area contributed by atoms with Gasteiger partial charge in [-0.05, 0) is 32.1 Å². The molecule has 0 aliphatic carbocycles. The highest BCUT2D eigenvalue weighted by molar-refractivity contribution is 14.0. The van der Waals surface area contributed by atoms with Gasteiger partial charge in [-0.15, -0.1) is 24.0 Å². The van der Waals surface area contributed by atoms with Gasteiger partial charge in [0.2, 0.25) is 0 Å². The molecule has 7 nitrogen and oxygen atoms in total. The highest BCUT2D eigenvalue weighted by atomic mass is 127. The Morgan fingerprint density at radius 2 is 2.08 bits per heavy atom. The number of rotatable bonds is 7. The van der Waals surface area contributed by atoms with E-state index in [-0.39, 0.29) is 30.0 Å². The van der Waals surface area contributed by atoms with Crippen LogP contribution in [-0.2, 0) is 6.54 Å². The molecule has 25 heavy (non-hydrogen) atoms. The predicted molar refractivity (Wildman–Crippen MR) is 109 cm³/mol. The molecule has 1 atom stereocenters. The summed E-state index contributed by atoms with van der Waals surface area (Å²) in [4.78, 5) is 6.34. The lowest BCUT2D eigenvalue weighted by atomic mass is 10.1. The summed E-state index contributed by atoms with van der Waals surface area (Å²) >= 11 is 0. The highest BCUT2D eigenvalue weighted by Crippen LogP contribution is 2.17. The molecule has 0 spiro atoms. The Bertz CT molecular complexity index is 637. The molecular formula is C17H28IN5O2. The van der Waals surface area contributed by atoms with Crippen molar-refractivity contribution in [2.45, 2.75) is 32.4 Å². The molecule has 1 unspecified atom stereocenters. The lowest BCUT2D eigenvalue weighted by Crippen LogP contribution is -2.41. The molecule has 0 radical (unpaired) electrons. The van der Waals surface area contributed by atoms with Crippen LogP contribution in [0.3, 0.4) is 0 Å². The Balaban J connectivity index is 0.00000312. The summed E-state index contributed by atoms with van der Waals surface area (Å²) in [7, 11) is 5.78. The second-order valence-electron chi connectivity index (χ2n) is 6.17. The Morgan fingerprint density at radius 3 is 2.60 bits per heavy atom. The van der Waals surface area contributed by atoms with Crippen LogP contribution >= 0.6 is 24.0 Å². The predicted octanol–water partition coefficient (Wildman–Crippen LogP) is 2.98. The average Bonchev–Trinajstić information content (AvgIpc) is 3.21. The molecule has 0 bridgehead atoms. The van der Waals surface area contributed by atoms with Gasteiger partial charge in [-0.3, -0.25) is 9.89 Å². The maximum atomic E-state index is 5.51. The first-order valence-corrected chi connectivity index (χ1v) is 8.11. The quantitative estimate of drug-likeness (QED) is 0.375. The lowest BCUT2D eigenvalue weighted by molar-refractivity contribution is 0.258. The van der Waals surface area contributed by atoms with Gasteiger partial charge in [0.05, 0.1) is 24.5 Å². The van der Waals surface area contributed by atoms with Crippen molar-refractivity contribution in [3.05, 3.63) is 41.7 Å². The molecule has 0 fully saturated rings. The smallest absolute Gasteiger partial charge is 0.191 e. The molecular weight excluding hydrogens is 433 g/mol. The summed E-state index contributed by atoms with van der Waals surface area (Å²) in [5.74, 6) is 2.77. The molecule has 0 aromatic carbocycles. The third kappa shape index (κ3) is 6.35. The van der Waals surface area contributed by atoms with Crippen LogP contribution in [0, 0.1) is 0 Å². The van der Waals surface area contributed by atoms with Crippen LogP contribution < -0.4 is 10.6 Å². The first kappa shape index (κ1) is 21.5. The Morgan fingerprint density at radius 1 is 1.32 bits per heavy atom. The van der Waals surface area contributed by atoms with E-state index >= 15 is 0 Å². The monoisotopic (exact) mass is 461 g/mol. The third-order valence-electron chi connectivity index (χ3n) is 3.78. The number of nitrogens with one attached hydrogen (secondary N) is 2. The molecule has 0 aliphatic heterocycles. The van der Waals surface area contributed by atoms with Crippen LogP contribution in [-0.4, -0.2) is 43.7 Å². The van der Waals surface area contributed by atoms with Crippen molar-refractivity contribution in [3.8, 4) is 0 Å². The second kappa shape index (κ2) is 10.4. The molecule has 140 valence electrons. The summed E-state index contributed by atoms with van der Waals surface area (Å²) in [6, 6.07) is 5.96. The topological polar surface area (TPSA) is 78.8 Å². The molecule has 2 N–H and O–H groups in total. The zero-order valence-electron chi connectivity index (χ0n) is 15.4. The zero-order chi connectivity index (χ0) is 17.5. The molecule has 0 amide bonds. The summed E-state index contributed by atoms with van der Waals surface area (Å²) in [6.45, 7) is 5.39. The van der Waals surface area contributed by atoms with E-state index in [0.717, 1.165) is 17.2 Å². The summed E-state index contributed by atoms with van der Waals surface area (Å²) in [5.41, 5.74) is 0.959. The number of halogens is 1. The molecule has 0 saturated carbocycles. The van der Waals surface area contributed by atoms with E-state index in [1.807, 2.05) is 32.3 Å². The molecule has 2 rings (SSSR count). The zero-order valence-corrected chi connectivity index (χ0v) is 17.8. The fraction of sp³-hybridized carbons (Fsp3) is 0.529. The second-order valence-corrected chi connectivity index (χ2v) is 6.17. The molecule has 0 saturated heterocycles. The van der Waals surface area contributed by atoms with Crippen molar-refractivity contribution in [3.63, 3.8) is 0 Å². The van der Waals surface area contributed by atoms with Crippen LogP contribution in [0.25, 0.3) is 0 Å². The van der Waals surface area contributed by atoms with Crippen molar-refractivity contribution < 1.29 is 8.94 Å². The SMILES string of the molecule is CN=C(NCc1cc(C(C)C)no1)NCC(c1ccco1)N(C)C.I. The molecule has 2 heterocycles. The summed E-state index contributed by atoms with van der Waals surface area (Å²) in [6.07, 6.45) is 1.69. The number of nitrogens with zero attached hydrogens (tertiary/aromatic N) is 3. The number of hydrogen-bond acceptors (Lipinski definition) is 5. The maximum absolute atomic E-state index is 5.51. The van der Waals surface area contributed by atoms with Gasteiger partial charge in [0, 0.05) is 19.7 Å². The fourth-order valence-electron chi connectivity index (χ4n) is 2.29. The Kier molecular flexibility index (Phi) is 8.98. The first-order chi connectivity index (χ1) is 11.5. The van der Waals surface area contributed by atoms with Crippen molar-refractivity contribution in [2.75, 3.05) is 27.7 Å².